The number of benzene rings is 2. The summed E-state index contributed by atoms with van der Waals surface area (Å²) < 4.78 is 10.5. The van der Waals surface area contributed by atoms with Crippen LogP contribution >= 0.6 is 0 Å². The Kier molecular flexibility index (Phi) is 5.66. The Morgan fingerprint density at radius 1 is 1.07 bits per heavy atom. The van der Waals surface area contributed by atoms with Crippen molar-refractivity contribution in [3.63, 3.8) is 0 Å². The average molecular weight is 364 g/mol. The van der Waals surface area contributed by atoms with Gasteiger partial charge in [0.25, 0.3) is 5.91 Å². The van der Waals surface area contributed by atoms with Gasteiger partial charge in [0.2, 0.25) is 0 Å². The normalized spacial score (nSPS) is 10.4. The predicted molar refractivity (Wildman–Crippen MR) is 100 cm³/mol. The molecule has 27 heavy (non-hydrogen) atoms. The van der Waals surface area contributed by atoms with Crippen molar-refractivity contribution in [2.24, 2.45) is 0 Å². The van der Waals surface area contributed by atoms with Crippen LogP contribution < -0.4 is 10.1 Å². The maximum atomic E-state index is 12.5. The number of amides is 1. The number of rotatable bonds is 7. The summed E-state index contributed by atoms with van der Waals surface area (Å²) in [6, 6.07) is 16.4. The molecule has 0 aliphatic rings. The molecule has 1 aromatic heterocycles. The van der Waals surface area contributed by atoms with Crippen molar-refractivity contribution in [2.45, 2.75) is 12.8 Å². The minimum atomic E-state index is -0.323. The highest BCUT2D eigenvalue weighted by molar-refractivity contribution is 6.01. The summed E-state index contributed by atoms with van der Waals surface area (Å²) in [6.45, 7) is 0. The Balaban J connectivity index is 1.86. The number of hydrogen-bond acceptors (Lipinski definition) is 5. The van der Waals surface area contributed by atoms with E-state index in [-0.39, 0.29) is 23.9 Å². The number of aromatic nitrogens is 1. The van der Waals surface area contributed by atoms with Crippen molar-refractivity contribution in [1.82, 2.24) is 10.5 Å². The van der Waals surface area contributed by atoms with Crippen LogP contribution in [-0.2, 0) is 12.8 Å². The summed E-state index contributed by atoms with van der Waals surface area (Å²) >= 11 is 0. The summed E-state index contributed by atoms with van der Waals surface area (Å²) in [5.74, 6) is 0.565. The first-order valence-corrected chi connectivity index (χ1v) is 8.53. The molecule has 1 amide bonds. The van der Waals surface area contributed by atoms with Gasteiger partial charge in [0.1, 0.15) is 17.0 Å². The van der Waals surface area contributed by atoms with Gasteiger partial charge in [-0.05, 0) is 17.7 Å². The lowest BCUT2D eigenvalue weighted by atomic mass is 10.0. The zero-order chi connectivity index (χ0) is 19.2. The van der Waals surface area contributed by atoms with Gasteiger partial charge in [-0.15, -0.1) is 0 Å². The number of ketones is 1. The minimum absolute atomic E-state index is 0.0254. The van der Waals surface area contributed by atoms with E-state index in [4.69, 9.17) is 9.26 Å². The van der Waals surface area contributed by atoms with Crippen molar-refractivity contribution in [2.75, 3.05) is 14.2 Å². The van der Waals surface area contributed by atoms with Crippen molar-refractivity contribution in [3.8, 4) is 5.75 Å². The van der Waals surface area contributed by atoms with Crippen LogP contribution in [-0.4, -0.2) is 31.0 Å². The van der Waals surface area contributed by atoms with E-state index in [0.717, 1.165) is 11.3 Å². The highest BCUT2D eigenvalue weighted by Gasteiger charge is 2.24. The van der Waals surface area contributed by atoms with E-state index in [2.05, 4.69) is 10.5 Å². The number of carbonyl (C=O) groups excluding carboxylic acids is 2. The molecule has 0 radical (unpaired) electrons. The Hall–Kier alpha value is -3.41. The number of Topliss-reactive ketones (excluding diaryl/α,β-unsaturated/α-hetero) is 1. The van der Waals surface area contributed by atoms with Crippen LogP contribution in [0.2, 0.25) is 0 Å². The first-order valence-electron chi connectivity index (χ1n) is 8.53. The average Bonchev–Trinajstić information content (AvgIpc) is 3.10. The third-order valence-electron chi connectivity index (χ3n) is 4.24. The maximum absolute atomic E-state index is 12.5. The molecular formula is C21H20N2O4. The molecule has 0 aliphatic carbocycles. The Morgan fingerprint density at radius 2 is 1.78 bits per heavy atom. The van der Waals surface area contributed by atoms with E-state index < -0.39 is 0 Å². The van der Waals surface area contributed by atoms with Gasteiger partial charge in [-0.1, -0.05) is 47.6 Å². The summed E-state index contributed by atoms with van der Waals surface area (Å²) in [6.07, 6.45) is 0.387. The van der Waals surface area contributed by atoms with Gasteiger partial charge in [0, 0.05) is 19.0 Å². The molecule has 0 bridgehead atoms. The van der Waals surface area contributed by atoms with E-state index in [0.29, 0.717) is 23.2 Å². The van der Waals surface area contributed by atoms with Crippen LogP contribution in [0.5, 0.6) is 5.75 Å². The maximum Gasteiger partial charge on any atom is 0.256 e. The Morgan fingerprint density at radius 3 is 2.41 bits per heavy atom. The molecule has 0 spiro atoms. The van der Waals surface area contributed by atoms with Crippen LogP contribution in [0.3, 0.4) is 0 Å². The van der Waals surface area contributed by atoms with E-state index in [1.54, 1.807) is 31.4 Å². The predicted octanol–water partition coefficient (Wildman–Crippen LogP) is 3.06. The molecule has 138 valence electrons. The number of hydrogen-bond donors (Lipinski definition) is 1. The third kappa shape index (κ3) is 4.23. The number of nitrogens with one attached hydrogen (secondary N) is 1. The van der Waals surface area contributed by atoms with Gasteiger partial charge >= 0.3 is 0 Å². The van der Waals surface area contributed by atoms with Crippen LogP contribution in [0.25, 0.3) is 0 Å². The SMILES string of the molecule is CNC(=O)c1c(Cc2ccc(OC)cc2)noc1CC(=O)c1ccccc1. The second-order valence-corrected chi connectivity index (χ2v) is 6.00. The van der Waals surface area contributed by atoms with Gasteiger partial charge in [0.15, 0.2) is 11.5 Å². The fourth-order valence-corrected chi connectivity index (χ4v) is 2.80. The Bertz CT molecular complexity index is 931. The molecule has 0 fully saturated rings. The summed E-state index contributed by atoms with van der Waals surface area (Å²) in [5.41, 5.74) is 2.33. The molecule has 3 aromatic rings. The van der Waals surface area contributed by atoms with Crippen LogP contribution in [0, 0.1) is 0 Å². The van der Waals surface area contributed by atoms with Crippen molar-refractivity contribution in [1.29, 1.82) is 0 Å². The second-order valence-electron chi connectivity index (χ2n) is 6.00. The highest BCUT2D eigenvalue weighted by Crippen LogP contribution is 2.21. The molecule has 0 aliphatic heterocycles. The molecule has 6 nitrogen and oxygen atoms in total. The molecular weight excluding hydrogens is 344 g/mol. The van der Waals surface area contributed by atoms with Crippen molar-refractivity contribution < 1.29 is 18.8 Å². The zero-order valence-corrected chi connectivity index (χ0v) is 15.2. The fraction of sp³-hybridized carbons (Fsp3) is 0.190. The number of nitrogens with zero attached hydrogens (tertiary/aromatic N) is 1. The van der Waals surface area contributed by atoms with Crippen LogP contribution in [0.1, 0.15) is 37.7 Å². The molecule has 1 N–H and O–H groups in total. The quantitative estimate of drug-likeness (QED) is 0.652. The van der Waals surface area contributed by atoms with Crippen LogP contribution in [0.15, 0.2) is 59.1 Å². The van der Waals surface area contributed by atoms with Gasteiger partial charge < -0.3 is 14.6 Å². The standard InChI is InChI=1S/C21H20N2O4/c1-22-21(25)20-17(12-14-8-10-16(26-2)11-9-14)23-27-19(20)13-18(24)15-6-4-3-5-7-15/h3-11H,12-13H2,1-2H3,(H,22,25). The second kappa shape index (κ2) is 8.31. The molecule has 0 saturated heterocycles. The smallest absolute Gasteiger partial charge is 0.256 e. The first-order chi connectivity index (χ1) is 13.1. The summed E-state index contributed by atoms with van der Waals surface area (Å²) in [7, 11) is 3.14. The minimum Gasteiger partial charge on any atom is -0.497 e. The lowest BCUT2D eigenvalue weighted by Crippen LogP contribution is -2.21. The fourth-order valence-electron chi connectivity index (χ4n) is 2.80. The molecule has 3 rings (SSSR count). The van der Waals surface area contributed by atoms with E-state index in [1.165, 1.54) is 7.05 Å². The summed E-state index contributed by atoms with van der Waals surface area (Å²) in [4.78, 5) is 24.9. The van der Waals surface area contributed by atoms with Gasteiger partial charge in [-0.2, -0.15) is 0 Å². The first kappa shape index (κ1) is 18.4. The monoisotopic (exact) mass is 364 g/mol. The summed E-state index contributed by atoms with van der Waals surface area (Å²) in [5, 5.41) is 6.65. The van der Waals surface area contributed by atoms with E-state index in [1.807, 2.05) is 30.3 Å². The van der Waals surface area contributed by atoms with Crippen molar-refractivity contribution in [3.05, 3.63) is 82.7 Å². The van der Waals surface area contributed by atoms with E-state index >= 15 is 0 Å². The van der Waals surface area contributed by atoms with Crippen LogP contribution in [0.4, 0.5) is 0 Å². The Labute approximate surface area is 157 Å². The molecule has 0 atom stereocenters. The molecule has 0 unspecified atom stereocenters. The van der Waals surface area contributed by atoms with E-state index in [9.17, 15) is 9.59 Å². The van der Waals surface area contributed by atoms with Gasteiger partial charge in [-0.25, -0.2) is 0 Å². The topological polar surface area (TPSA) is 81.4 Å². The molecule has 1 heterocycles. The molecule has 6 heteroatoms. The van der Waals surface area contributed by atoms with Gasteiger partial charge in [0.05, 0.1) is 13.5 Å². The number of carbonyl (C=O) groups is 2. The molecule has 2 aromatic carbocycles. The van der Waals surface area contributed by atoms with Crippen molar-refractivity contribution >= 4 is 11.7 Å². The largest absolute Gasteiger partial charge is 0.497 e. The van der Waals surface area contributed by atoms with Gasteiger partial charge in [-0.3, -0.25) is 9.59 Å². The number of methoxy groups -OCH3 is 1. The number of ether oxygens (including phenoxy) is 1. The zero-order valence-electron chi connectivity index (χ0n) is 15.2. The molecule has 0 saturated carbocycles. The lowest BCUT2D eigenvalue weighted by molar-refractivity contribution is 0.0959. The lowest BCUT2D eigenvalue weighted by Gasteiger charge is -2.05. The highest BCUT2D eigenvalue weighted by atomic mass is 16.5. The third-order valence-corrected chi connectivity index (χ3v) is 4.24.